The van der Waals surface area contributed by atoms with E-state index >= 15 is 0 Å². The van der Waals surface area contributed by atoms with Crippen LogP contribution in [0.3, 0.4) is 0 Å². The molecule has 0 bridgehead atoms. The Hall–Kier alpha value is -1.37. The summed E-state index contributed by atoms with van der Waals surface area (Å²) in [5.41, 5.74) is 0.249. The Morgan fingerprint density at radius 3 is 2.68 bits per heavy atom. The van der Waals surface area contributed by atoms with Gasteiger partial charge < -0.3 is 10.1 Å². The zero-order valence-corrected chi connectivity index (χ0v) is 13.0. The topological polar surface area (TPSA) is 73.2 Å². The van der Waals surface area contributed by atoms with Crippen LogP contribution in [0.4, 0.5) is 5.69 Å². The maximum atomic E-state index is 11.9. The van der Waals surface area contributed by atoms with E-state index in [1.54, 1.807) is 0 Å². The number of aromatic nitrogens is 2. The van der Waals surface area contributed by atoms with Gasteiger partial charge in [0.1, 0.15) is 10.5 Å². The van der Waals surface area contributed by atoms with E-state index in [1.165, 1.54) is 18.0 Å². The van der Waals surface area contributed by atoms with Crippen molar-refractivity contribution in [2.75, 3.05) is 12.4 Å². The van der Waals surface area contributed by atoms with E-state index in [0.29, 0.717) is 16.7 Å². The second kappa shape index (κ2) is 6.70. The molecular weight excluding hydrogens is 314 g/mol. The number of rotatable bonds is 5. The number of methoxy groups -OCH3 is 1. The first kappa shape index (κ1) is 15.7. The number of ether oxygens (including phenoxy) is 1. The van der Waals surface area contributed by atoms with E-state index in [-0.39, 0.29) is 17.4 Å². The summed E-state index contributed by atoms with van der Waals surface area (Å²) in [5, 5.41) is 7.01. The van der Waals surface area contributed by atoms with Crippen molar-refractivity contribution in [3.63, 3.8) is 0 Å². The second-order valence-electron chi connectivity index (χ2n) is 4.38. The van der Waals surface area contributed by atoms with Crippen molar-refractivity contribution in [1.82, 2.24) is 9.78 Å². The van der Waals surface area contributed by atoms with Gasteiger partial charge in [0.25, 0.3) is 5.56 Å². The van der Waals surface area contributed by atoms with Gasteiger partial charge in [-0.2, -0.15) is 5.10 Å². The Morgan fingerprint density at radius 1 is 1.58 bits per heavy atom. The molecule has 106 valence electrons. The van der Waals surface area contributed by atoms with Crippen molar-refractivity contribution >= 4 is 27.6 Å². The molecule has 1 aromatic rings. The van der Waals surface area contributed by atoms with Gasteiger partial charge in [0.15, 0.2) is 0 Å². The Morgan fingerprint density at radius 2 is 2.21 bits per heavy atom. The van der Waals surface area contributed by atoms with Crippen LogP contribution >= 0.6 is 15.9 Å². The first-order chi connectivity index (χ1) is 8.92. The van der Waals surface area contributed by atoms with Crippen LogP contribution in [-0.2, 0) is 16.1 Å². The van der Waals surface area contributed by atoms with Crippen molar-refractivity contribution in [1.29, 1.82) is 0 Å². The van der Waals surface area contributed by atoms with Gasteiger partial charge in [-0.05, 0) is 28.8 Å². The van der Waals surface area contributed by atoms with Crippen molar-refractivity contribution in [3.05, 3.63) is 21.0 Å². The molecule has 1 rings (SSSR count). The highest BCUT2D eigenvalue weighted by Crippen LogP contribution is 2.19. The molecule has 0 spiro atoms. The summed E-state index contributed by atoms with van der Waals surface area (Å²) < 4.78 is 6.43. The fraction of sp³-hybridized carbons (Fsp3) is 0.583. The lowest BCUT2D eigenvalue weighted by atomic mass is 10.0. The largest absolute Gasteiger partial charge is 0.467 e. The molecule has 1 aromatic heterocycles. The van der Waals surface area contributed by atoms with Crippen LogP contribution < -0.4 is 10.9 Å². The summed E-state index contributed by atoms with van der Waals surface area (Å²) in [7, 11) is 1.34. The van der Waals surface area contributed by atoms with Gasteiger partial charge in [-0.15, -0.1) is 0 Å². The summed E-state index contributed by atoms with van der Waals surface area (Å²) in [5.74, 6) is -0.352. The smallest absolute Gasteiger partial charge is 0.328 e. The van der Waals surface area contributed by atoms with Crippen molar-refractivity contribution < 1.29 is 9.53 Å². The number of nitrogens with one attached hydrogen (secondary N) is 1. The molecule has 0 aliphatic heterocycles. The maximum Gasteiger partial charge on any atom is 0.328 e. The van der Waals surface area contributed by atoms with Crippen LogP contribution in [0.5, 0.6) is 0 Å². The van der Waals surface area contributed by atoms with Gasteiger partial charge in [-0.3, -0.25) is 4.79 Å². The summed E-state index contributed by atoms with van der Waals surface area (Å²) in [4.78, 5) is 23.6. The third-order valence-corrected chi connectivity index (χ3v) is 3.48. The van der Waals surface area contributed by atoms with Crippen LogP contribution in [0.15, 0.2) is 15.5 Å². The molecule has 1 unspecified atom stereocenters. The minimum atomic E-state index is -0.528. The SMILES string of the molecule is CCn1ncc(NC(C(=O)OC)C(C)C)c(Br)c1=O. The van der Waals surface area contributed by atoms with Crippen LogP contribution in [0.1, 0.15) is 20.8 Å². The Bertz CT molecular complexity index is 513. The van der Waals surface area contributed by atoms with E-state index < -0.39 is 6.04 Å². The van der Waals surface area contributed by atoms with Crippen LogP contribution in [0.2, 0.25) is 0 Å². The van der Waals surface area contributed by atoms with Gasteiger partial charge in [0, 0.05) is 6.54 Å². The molecule has 1 heterocycles. The van der Waals surface area contributed by atoms with Gasteiger partial charge in [0.2, 0.25) is 0 Å². The van der Waals surface area contributed by atoms with E-state index in [9.17, 15) is 9.59 Å². The van der Waals surface area contributed by atoms with Crippen LogP contribution in [0, 0.1) is 5.92 Å². The Kier molecular flexibility index (Phi) is 5.53. The molecular formula is C12H18BrN3O3. The summed E-state index contributed by atoms with van der Waals surface area (Å²) in [6.45, 7) is 6.11. The molecule has 0 saturated carbocycles. The average Bonchev–Trinajstić information content (AvgIpc) is 2.39. The van der Waals surface area contributed by atoms with Gasteiger partial charge in [-0.1, -0.05) is 13.8 Å². The molecule has 0 amide bonds. The third-order valence-electron chi connectivity index (χ3n) is 2.72. The molecule has 0 radical (unpaired) electrons. The maximum absolute atomic E-state index is 11.9. The lowest BCUT2D eigenvalue weighted by Gasteiger charge is -2.21. The highest BCUT2D eigenvalue weighted by Gasteiger charge is 2.24. The fourth-order valence-corrected chi connectivity index (χ4v) is 2.00. The molecule has 0 aliphatic rings. The Balaban J connectivity index is 3.08. The van der Waals surface area contributed by atoms with Crippen LogP contribution in [0.25, 0.3) is 0 Å². The zero-order chi connectivity index (χ0) is 14.6. The first-order valence-corrected chi connectivity index (χ1v) is 6.81. The first-order valence-electron chi connectivity index (χ1n) is 6.02. The number of esters is 1. The summed E-state index contributed by atoms with van der Waals surface area (Å²) >= 11 is 3.23. The number of anilines is 1. The molecule has 1 N–H and O–H groups in total. The van der Waals surface area contributed by atoms with Gasteiger partial charge in [-0.25, -0.2) is 9.48 Å². The highest BCUT2D eigenvalue weighted by atomic mass is 79.9. The molecule has 19 heavy (non-hydrogen) atoms. The fourth-order valence-electron chi connectivity index (χ4n) is 1.58. The number of hydrogen-bond donors (Lipinski definition) is 1. The molecule has 1 atom stereocenters. The second-order valence-corrected chi connectivity index (χ2v) is 5.18. The average molecular weight is 332 g/mol. The quantitative estimate of drug-likeness (QED) is 0.830. The van der Waals surface area contributed by atoms with Crippen molar-refractivity contribution in [3.8, 4) is 0 Å². The van der Waals surface area contributed by atoms with Gasteiger partial charge in [0.05, 0.1) is 19.0 Å². The number of halogens is 1. The summed E-state index contributed by atoms with van der Waals surface area (Å²) in [6.07, 6.45) is 1.52. The summed E-state index contributed by atoms with van der Waals surface area (Å²) in [6, 6.07) is -0.528. The van der Waals surface area contributed by atoms with E-state index in [0.717, 1.165) is 0 Å². The van der Waals surface area contributed by atoms with E-state index in [1.807, 2.05) is 20.8 Å². The predicted molar refractivity (Wildman–Crippen MR) is 76.1 cm³/mol. The molecule has 0 aromatic carbocycles. The highest BCUT2D eigenvalue weighted by molar-refractivity contribution is 9.10. The molecule has 0 saturated heterocycles. The monoisotopic (exact) mass is 331 g/mol. The Labute approximate surface area is 120 Å². The lowest BCUT2D eigenvalue weighted by molar-refractivity contribution is -0.142. The molecule has 0 fully saturated rings. The van der Waals surface area contributed by atoms with Crippen LogP contribution in [-0.4, -0.2) is 28.9 Å². The normalized spacial score (nSPS) is 12.3. The standard InChI is InChI=1S/C12H18BrN3O3/c1-5-16-11(17)9(13)8(6-14-16)15-10(7(2)3)12(18)19-4/h6-7,10,15H,5H2,1-4H3. The minimum Gasteiger partial charge on any atom is -0.467 e. The predicted octanol–water partition coefficient (Wildman–Crippen LogP) is 1.64. The third kappa shape index (κ3) is 3.56. The lowest BCUT2D eigenvalue weighted by Crippen LogP contribution is -2.36. The molecule has 7 heteroatoms. The van der Waals surface area contributed by atoms with Gasteiger partial charge >= 0.3 is 5.97 Å². The number of carbonyl (C=O) groups is 1. The number of aryl methyl sites for hydroxylation is 1. The van der Waals surface area contributed by atoms with Crippen molar-refractivity contribution in [2.24, 2.45) is 5.92 Å². The van der Waals surface area contributed by atoms with Crippen molar-refractivity contribution in [2.45, 2.75) is 33.4 Å². The number of hydrogen-bond acceptors (Lipinski definition) is 5. The minimum absolute atomic E-state index is 0.0213. The van der Waals surface area contributed by atoms with E-state index in [2.05, 4.69) is 26.3 Å². The molecule has 0 aliphatic carbocycles. The zero-order valence-electron chi connectivity index (χ0n) is 11.4. The molecule has 6 nitrogen and oxygen atoms in total. The van der Waals surface area contributed by atoms with E-state index in [4.69, 9.17) is 4.74 Å². The number of carbonyl (C=O) groups excluding carboxylic acids is 1. The number of nitrogens with zero attached hydrogens (tertiary/aromatic N) is 2.